The summed E-state index contributed by atoms with van der Waals surface area (Å²) in [7, 11) is 0. The molecule has 14 heavy (non-hydrogen) atoms. The van der Waals surface area contributed by atoms with Gasteiger partial charge in [0, 0.05) is 0 Å². The van der Waals surface area contributed by atoms with Crippen LogP contribution in [0.2, 0.25) is 0 Å². The van der Waals surface area contributed by atoms with E-state index in [2.05, 4.69) is 29.2 Å². The number of nitrogens with zero attached hydrogens (tertiary/aromatic N) is 1. The number of aryl methyl sites for hydroxylation is 1. The minimum absolute atomic E-state index is 0.372. The zero-order valence-electron chi connectivity index (χ0n) is 8.11. The van der Waals surface area contributed by atoms with Crippen molar-refractivity contribution in [1.82, 2.24) is 5.43 Å². The van der Waals surface area contributed by atoms with Crippen molar-refractivity contribution in [2.45, 2.75) is 13.8 Å². The van der Waals surface area contributed by atoms with E-state index >= 15 is 0 Å². The molecule has 0 atom stereocenters. The van der Waals surface area contributed by atoms with Crippen molar-refractivity contribution in [3.8, 4) is 0 Å². The number of rotatable bonds is 2. The molecule has 0 aliphatic rings. The molecular formula is C10H12N2S2. The van der Waals surface area contributed by atoms with E-state index in [-0.39, 0.29) is 0 Å². The van der Waals surface area contributed by atoms with Crippen LogP contribution in [0.15, 0.2) is 29.4 Å². The number of hydrogen-bond acceptors (Lipinski definition) is 2. The fourth-order valence-electron chi connectivity index (χ4n) is 1.07. The van der Waals surface area contributed by atoms with Crippen LogP contribution in [0.3, 0.4) is 0 Å². The van der Waals surface area contributed by atoms with Gasteiger partial charge < -0.3 is 0 Å². The fourth-order valence-corrected chi connectivity index (χ4v) is 1.16. The fraction of sp³-hybridized carbons (Fsp3) is 0.200. The normalized spacial score (nSPS) is 11.2. The van der Waals surface area contributed by atoms with Crippen molar-refractivity contribution in [2.75, 3.05) is 0 Å². The van der Waals surface area contributed by atoms with Crippen molar-refractivity contribution in [1.29, 1.82) is 0 Å². The van der Waals surface area contributed by atoms with Crippen molar-refractivity contribution >= 4 is 34.9 Å². The molecule has 4 heteroatoms. The lowest BCUT2D eigenvalue weighted by Gasteiger charge is -2.02. The van der Waals surface area contributed by atoms with E-state index in [9.17, 15) is 0 Å². The first-order valence-corrected chi connectivity index (χ1v) is 5.05. The highest BCUT2D eigenvalue weighted by Crippen LogP contribution is 2.04. The summed E-state index contributed by atoms with van der Waals surface area (Å²) in [6, 6.07) is 8.13. The average Bonchev–Trinajstić information content (AvgIpc) is 2.14. The van der Waals surface area contributed by atoms with Crippen LogP contribution in [-0.4, -0.2) is 10.0 Å². The second kappa shape index (κ2) is 5.12. The largest absolute Gasteiger partial charge is 0.262 e. The molecule has 0 unspecified atom stereocenters. The predicted molar refractivity (Wildman–Crippen MR) is 68.1 cm³/mol. The van der Waals surface area contributed by atoms with E-state index in [4.69, 9.17) is 12.2 Å². The van der Waals surface area contributed by atoms with E-state index in [0.29, 0.717) is 4.32 Å². The summed E-state index contributed by atoms with van der Waals surface area (Å²) in [5.41, 5.74) is 5.84. The number of hydrogen-bond donors (Lipinski definition) is 2. The van der Waals surface area contributed by atoms with Crippen LogP contribution in [0.25, 0.3) is 0 Å². The van der Waals surface area contributed by atoms with Crippen LogP contribution < -0.4 is 5.43 Å². The Bertz CT molecular complexity index is 372. The first-order chi connectivity index (χ1) is 6.59. The van der Waals surface area contributed by atoms with Gasteiger partial charge in [-0.15, -0.1) is 12.6 Å². The van der Waals surface area contributed by atoms with Gasteiger partial charge in [-0.1, -0.05) is 42.0 Å². The monoisotopic (exact) mass is 224 g/mol. The maximum Gasteiger partial charge on any atom is 0.150 e. The molecular weight excluding hydrogens is 212 g/mol. The number of nitrogens with one attached hydrogen (secondary N) is 1. The quantitative estimate of drug-likeness (QED) is 0.349. The molecule has 0 aliphatic heterocycles. The van der Waals surface area contributed by atoms with Crippen LogP contribution in [0.5, 0.6) is 0 Å². The van der Waals surface area contributed by atoms with Crippen molar-refractivity contribution in [3.05, 3.63) is 35.4 Å². The summed E-state index contributed by atoms with van der Waals surface area (Å²) in [6.45, 7) is 3.97. The first kappa shape index (κ1) is 11.2. The Labute approximate surface area is 94.8 Å². The molecule has 0 heterocycles. The second-order valence-electron chi connectivity index (χ2n) is 2.98. The van der Waals surface area contributed by atoms with Gasteiger partial charge in [0.25, 0.3) is 0 Å². The molecule has 0 amide bonds. The lowest BCUT2D eigenvalue weighted by atomic mass is 10.1. The van der Waals surface area contributed by atoms with E-state index in [1.54, 1.807) is 0 Å². The topological polar surface area (TPSA) is 24.4 Å². The summed E-state index contributed by atoms with van der Waals surface area (Å²) >= 11 is 8.65. The SMILES string of the molecule is C/C(=N/NC(=S)S)c1cccc(C)c1. The zero-order chi connectivity index (χ0) is 10.6. The molecule has 0 fully saturated rings. The van der Waals surface area contributed by atoms with Crippen LogP contribution in [0, 0.1) is 6.92 Å². The molecule has 1 rings (SSSR count). The highest BCUT2D eigenvalue weighted by molar-refractivity contribution is 8.11. The third-order valence-electron chi connectivity index (χ3n) is 1.76. The van der Waals surface area contributed by atoms with Crippen molar-refractivity contribution in [3.63, 3.8) is 0 Å². The summed E-state index contributed by atoms with van der Waals surface area (Å²) in [4.78, 5) is 0. The van der Waals surface area contributed by atoms with Gasteiger partial charge in [0.05, 0.1) is 5.71 Å². The molecule has 0 aliphatic carbocycles. The number of thiol groups is 1. The molecule has 0 aromatic heterocycles. The van der Waals surface area contributed by atoms with Gasteiger partial charge in [0.15, 0.2) is 4.32 Å². The van der Waals surface area contributed by atoms with Crippen LogP contribution in [0.4, 0.5) is 0 Å². The molecule has 0 radical (unpaired) electrons. The van der Waals surface area contributed by atoms with Crippen LogP contribution in [-0.2, 0) is 0 Å². The maximum absolute atomic E-state index is 4.74. The standard InChI is InChI=1S/C10H12N2S2/c1-7-4-3-5-9(6-7)8(2)11-12-10(13)14/h3-6H,1-2H3,(H2,12,13,14)/b11-8-. The summed E-state index contributed by atoms with van der Waals surface area (Å²) in [6.07, 6.45) is 0. The van der Waals surface area contributed by atoms with E-state index in [1.165, 1.54) is 5.56 Å². The van der Waals surface area contributed by atoms with Gasteiger partial charge in [0.2, 0.25) is 0 Å². The number of thiocarbonyl (C=S) groups is 1. The smallest absolute Gasteiger partial charge is 0.150 e. The van der Waals surface area contributed by atoms with Gasteiger partial charge >= 0.3 is 0 Å². The minimum Gasteiger partial charge on any atom is -0.262 e. The van der Waals surface area contributed by atoms with E-state index in [1.807, 2.05) is 32.0 Å². The molecule has 74 valence electrons. The highest BCUT2D eigenvalue weighted by atomic mass is 32.1. The third-order valence-corrected chi connectivity index (χ3v) is 1.95. The molecule has 0 spiro atoms. The molecule has 0 saturated heterocycles. The van der Waals surface area contributed by atoms with Crippen molar-refractivity contribution < 1.29 is 0 Å². The molecule has 1 aromatic carbocycles. The summed E-state index contributed by atoms with van der Waals surface area (Å²) in [5.74, 6) is 0. The minimum atomic E-state index is 0.372. The number of benzene rings is 1. The predicted octanol–water partition coefficient (Wildman–Crippen LogP) is 2.52. The molecule has 2 nitrogen and oxygen atoms in total. The van der Waals surface area contributed by atoms with Crippen LogP contribution >= 0.6 is 24.8 Å². The van der Waals surface area contributed by atoms with Crippen molar-refractivity contribution in [2.24, 2.45) is 5.10 Å². The van der Waals surface area contributed by atoms with Gasteiger partial charge in [-0.3, -0.25) is 5.43 Å². The Morgan fingerprint density at radius 2 is 2.21 bits per heavy atom. The molecule has 1 aromatic rings. The highest BCUT2D eigenvalue weighted by Gasteiger charge is 1.96. The molecule has 0 bridgehead atoms. The first-order valence-electron chi connectivity index (χ1n) is 4.20. The van der Waals surface area contributed by atoms with E-state index < -0.39 is 0 Å². The summed E-state index contributed by atoms with van der Waals surface area (Å²) in [5, 5.41) is 4.08. The Morgan fingerprint density at radius 3 is 2.79 bits per heavy atom. The van der Waals surface area contributed by atoms with Gasteiger partial charge in [0.1, 0.15) is 0 Å². The Kier molecular flexibility index (Phi) is 4.10. The lowest BCUT2D eigenvalue weighted by Crippen LogP contribution is -2.11. The zero-order valence-corrected chi connectivity index (χ0v) is 9.82. The van der Waals surface area contributed by atoms with Gasteiger partial charge in [-0.05, 0) is 19.4 Å². The Hall–Kier alpha value is -0.870. The Morgan fingerprint density at radius 1 is 1.50 bits per heavy atom. The van der Waals surface area contributed by atoms with Crippen LogP contribution in [0.1, 0.15) is 18.1 Å². The van der Waals surface area contributed by atoms with Gasteiger partial charge in [-0.2, -0.15) is 5.10 Å². The number of hydrazone groups is 1. The Balaban J connectivity index is 2.83. The van der Waals surface area contributed by atoms with Gasteiger partial charge in [-0.25, -0.2) is 0 Å². The summed E-state index contributed by atoms with van der Waals surface area (Å²) < 4.78 is 0.372. The second-order valence-corrected chi connectivity index (χ2v) is 4.14. The third kappa shape index (κ3) is 3.47. The lowest BCUT2D eigenvalue weighted by molar-refractivity contribution is 1.06. The average molecular weight is 224 g/mol. The molecule has 0 saturated carbocycles. The van der Waals surface area contributed by atoms with E-state index in [0.717, 1.165) is 11.3 Å². The molecule has 1 N–H and O–H groups in total. The maximum atomic E-state index is 4.74.